The van der Waals surface area contributed by atoms with Gasteiger partial charge in [0.25, 0.3) is 0 Å². The van der Waals surface area contributed by atoms with Gasteiger partial charge in [-0.05, 0) is 37.5 Å². The second-order valence-electron chi connectivity index (χ2n) is 7.59. The number of nitrogens with zero attached hydrogens (tertiary/aromatic N) is 3. The maximum atomic E-state index is 12.4. The first-order chi connectivity index (χ1) is 12.0. The Labute approximate surface area is 148 Å². The predicted molar refractivity (Wildman–Crippen MR) is 94.5 cm³/mol. The van der Waals surface area contributed by atoms with Crippen molar-refractivity contribution in [3.05, 3.63) is 12.4 Å². The molecule has 1 aliphatic heterocycles. The number of aliphatic hydroxyl groups is 1. The molecule has 3 rings (SSSR count). The molecule has 0 atom stereocenters. The average molecular weight is 348 g/mol. The molecule has 0 bridgehead atoms. The van der Waals surface area contributed by atoms with Crippen molar-refractivity contribution in [3.63, 3.8) is 0 Å². The van der Waals surface area contributed by atoms with Crippen molar-refractivity contribution in [1.82, 2.24) is 14.9 Å². The highest BCUT2D eigenvalue weighted by Gasteiger charge is 2.42. The number of anilines is 1. The fraction of sp³-hybridized carbons (Fsp3) is 0.722. The number of hydrogen-bond acceptors (Lipinski definition) is 5. The highest BCUT2D eigenvalue weighted by molar-refractivity contribution is 5.88. The van der Waals surface area contributed by atoms with Gasteiger partial charge in [-0.15, -0.1) is 0 Å². The minimum absolute atomic E-state index is 0.191. The van der Waals surface area contributed by atoms with Gasteiger partial charge in [0.15, 0.2) is 0 Å². The van der Waals surface area contributed by atoms with E-state index in [9.17, 15) is 9.90 Å². The van der Waals surface area contributed by atoms with Gasteiger partial charge in [0, 0.05) is 19.2 Å². The van der Waals surface area contributed by atoms with Gasteiger partial charge in [-0.1, -0.05) is 20.3 Å². The lowest BCUT2D eigenvalue weighted by Crippen LogP contribution is -2.52. The Hall–Kier alpha value is -1.89. The van der Waals surface area contributed by atoms with E-state index in [-0.39, 0.29) is 6.03 Å². The normalized spacial score (nSPS) is 20.2. The lowest BCUT2D eigenvalue weighted by atomic mass is 9.69. The Morgan fingerprint density at radius 2 is 2.12 bits per heavy atom. The monoisotopic (exact) mass is 348 g/mol. The molecule has 2 aliphatic rings. The van der Waals surface area contributed by atoms with Crippen LogP contribution in [0.1, 0.15) is 46.0 Å². The minimum Gasteiger partial charge on any atom is -0.477 e. The van der Waals surface area contributed by atoms with Crippen LogP contribution in [0.25, 0.3) is 0 Å². The number of rotatable bonds is 5. The number of nitrogens with one attached hydrogen (secondary N) is 1. The van der Waals surface area contributed by atoms with Gasteiger partial charge in [-0.25, -0.2) is 14.8 Å². The minimum atomic E-state index is -0.582. The molecule has 0 spiro atoms. The van der Waals surface area contributed by atoms with Gasteiger partial charge in [-0.3, -0.25) is 5.32 Å². The first-order valence-electron chi connectivity index (χ1n) is 9.19. The summed E-state index contributed by atoms with van der Waals surface area (Å²) < 4.78 is 5.56. The lowest BCUT2D eigenvalue weighted by Gasteiger charge is -2.46. The zero-order valence-electron chi connectivity index (χ0n) is 15.1. The van der Waals surface area contributed by atoms with E-state index in [1.54, 1.807) is 11.0 Å². The number of carbonyl (C=O) groups excluding carboxylic acids is 1. The van der Waals surface area contributed by atoms with E-state index < -0.39 is 5.60 Å². The summed E-state index contributed by atoms with van der Waals surface area (Å²) in [7, 11) is 0. The number of aromatic nitrogens is 2. The summed E-state index contributed by atoms with van der Waals surface area (Å²) in [6.07, 6.45) is 6.13. The van der Waals surface area contributed by atoms with E-state index in [4.69, 9.17) is 4.74 Å². The molecule has 0 radical (unpaired) electrons. The fourth-order valence-electron chi connectivity index (χ4n) is 3.38. The number of carbonyl (C=O) groups is 1. The van der Waals surface area contributed by atoms with E-state index in [1.165, 1.54) is 12.7 Å². The van der Waals surface area contributed by atoms with Crippen LogP contribution in [0, 0.1) is 11.8 Å². The molecule has 0 aromatic carbocycles. The first-order valence-corrected chi connectivity index (χ1v) is 9.19. The van der Waals surface area contributed by atoms with Crippen molar-refractivity contribution >= 4 is 11.8 Å². The second-order valence-corrected chi connectivity index (χ2v) is 7.59. The number of amides is 2. The third kappa shape index (κ3) is 4.39. The smallest absolute Gasteiger partial charge is 0.323 e. The molecule has 1 aromatic heterocycles. The zero-order chi connectivity index (χ0) is 17.9. The van der Waals surface area contributed by atoms with Gasteiger partial charge < -0.3 is 14.7 Å². The highest BCUT2D eigenvalue weighted by Crippen LogP contribution is 2.41. The zero-order valence-corrected chi connectivity index (χ0v) is 15.1. The first kappa shape index (κ1) is 17.9. The van der Waals surface area contributed by atoms with Crippen LogP contribution < -0.4 is 10.1 Å². The van der Waals surface area contributed by atoms with Gasteiger partial charge >= 0.3 is 6.03 Å². The molecule has 1 saturated heterocycles. The van der Waals surface area contributed by atoms with Crippen LogP contribution >= 0.6 is 0 Å². The van der Waals surface area contributed by atoms with E-state index in [0.717, 1.165) is 12.8 Å². The molecule has 7 nitrogen and oxygen atoms in total. The molecule has 25 heavy (non-hydrogen) atoms. The van der Waals surface area contributed by atoms with E-state index in [2.05, 4.69) is 29.1 Å². The van der Waals surface area contributed by atoms with Crippen LogP contribution in [-0.2, 0) is 0 Å². The summed E-state index contributed by atoms with van der Waals surface area (Å²) in [5, 5.41) is 13.5. The Bertz CT molecular complexity index is 596. The molecule has 0 unspecified atom stereocenters. The summed E-state index contributed by atoms with van der Waals surface area (Å²) in [6, 6.07) is 1.44. The third-order valence-electron chi connectivity index (χ3n) is 5.22. The topological polar surface area (TPSA) is 87.6 Å². The van der Waals surface area contributed by atoms with Gasteiger partial charge in [0.1, 0.15) is 12.1 Å². The van der Waals surface area contributed by atoms with E-state index >= 15 is 0 Å². The number of likely N-dealkylation sites (tertiary alicyclic amines) is 1. The highest BCUT2D eigenvalue weighted by atomic mass is 16.5. The van der Waals surface area contributed by atoms with Crippen LogP contribution in [-0.4, -0.2) is 51.3 Å². The SMILES string of the molecule is CC(C)COc1cc(NC(=O)N2CCC(O)(C3CCC3)CC2)ncn1. The Morgan fingerprint density at radius 1 is 1.40 bits per heavy atom. The van der Waals surface area contributed by atoms with Crippen LogP contribution in [0.2, 0.25) is 0 Å². The molecule has 7 heteroatoms. The van der Waals surface area contributed by atoms with E-state index in [0.29, 0.717) is 56.1 Å². The summed E-state index contributed by atoms with van der Waals surface area (Å²) in [4.78, 5) is 22.3. The molecule has 138 valence electrons. The molecule has 1 aliphatic carbocycles. The summed E-state index contributed by atoms with van der Waals surface area (Å²) >= 11 is 0. The van der Waals surface area contributed by atoms with Crippen molar-refractivity contribution in [1.29, 1.82) is 0 Å². The molecule has 2 amide bonds. The largest absolute Gasteiger partial charge is 0.477 e. The summed E-state index contributed by atoms with van der Waals surface area (Å²) in [5.74, 6) is 1.70. The van der Waals surface area contributed by atoms with Crippen molar-refractivity contribution in [2.75, 3.05) is 25.0 Å². The number of urea groups is 1. The molecule has 1 aromatic rings. The second kappa shape index (κ2) is 7.56. The van der Waals surface area contributed by atoms with Crippen LogP contribution in [0.3, 0.4) is 0 Å². The Morgan fingerprint density at radius 3 is 2.72 bits per heavy atom. The van der Waals surface area contributed by atoms with Gasteiger partial charge in [-0.2, -0.15) is 0 Å². The standard InChI is InChI=1S/C18H28N4O3/c1-13(2)11-25-16-10-15(19-12-20-16)21-17(23)22-8-6-18(24,7-9-22)14-4-3-5-14/h10,12-14,24H,3-9,11H2,1-2H3,(H,19,20,21,23). The van der Waals surface area contributed by atoms with Crippen LogP contribution in [0.4, 0.5) is 10.6 Å². The maximum absolute atomic E-state index is 12.4. The average Bonchev–Trinajstić information content (AvgIpc) is 2.52. The fourth-order valence-corrected chi connectivity index (χ4v) is 3.38. The number of hydrogen-bond donors (Lipinski definition) is 2. The quantitative estimate of drug-likeness (QED) is 0.854. The summed E-state index contributed by atoms with van der Waals surface area (Å²) in [6.45, 7) is 5.83. The van der Waals surface area contributed by atoms with Gasteiger partial charge in [0.2, 0.25) is 5.88 Å². The van der Waals surface area contributed by atoms with Gasteiger partial charge in [0.05, 0.1) is 12.2 Å². The molecule has 2 fully saturated rings. The van der Waals surface area contributed by atoms with Crippen molar-refractivity contribution in [3.8, 4) is 5.88 Å². The molecule has 1 saturated carbocycles. The predicted octanol–water partition coefficient (Wildman–Crippen LogP) is 2.67. The van der Waals surface area contributed by atoms with Crippen LogP contribution in [0.15, 0.2) is 12.4 Å². The molecule has 2 heterocycles. The lowest BCUT2D eigenvalue weighted by molar-refractivity contribution is -0.0845. The molecular weight excluding hydrogens is 320 g/mol. The molecular formula is C18H28N4O3. The third-order valence-corrected chi connectivity index (χ3v) is 5.22. The van der Waals surface area contributed by atoms with Crippen molar-refractivity contribution < 1.29 is 14.6 Å². The number of piperidine rings is 1. The summed E-state index contributed by atoms with van der Waals surface area (Å²) in [5.41, 5.74) is -0.582. The maximum Gasteiger partial charge on any atom is 0.323 e. The van der Waals surface area contributed by atoms with Crippen molar-refractivity contribution in [2.24, 2.45) is 11.8 Å². The van der Waals surface area contributed by atoms with E-state index in [1.807, 2.05) is 0 Å². The Balaban J connectivity index is 1.51. The van der Waals surface area contributed by atoms with Crippen LogP contribution in [0.5, 0.6) is 5.88 Å². The Kier molecular flexibility index (Phi) is 5.42. The number of ether oxygens (including phenoxy) is 1. The van der Waals surface area contributed by atoms with Crippen molar-refractivity contribution in [2.45, 2.75) is 51.6 Å². The molecule has 2 N–H and O–H groups in total.